The first-order valence-electron chi connectivity index (χ1n) is 4.93. The molecular weight excluding hydrogens is 247 g/mol. The molecule has 3 nitrogen and oxygen atoms in total. The lowest BCUT2D eigenvalue weighted by Crippen LogP contribution is -2.46. The number of alkyl halides is 4. The first-order valence-corrected chi connectivity index (χ1v) is 5.46. The Labute approximate surface area is 96.2 Å². The molecule has 0 aliphatic carbocycles. The van der Waals surface area contributed by atoms with Gasteiger partial charge in [0.2, 0.25) is 5.91 Å². The van der Waals surface area contributed by atoms with Crippen LogP contribution in [0.5, 0.6) is 0 Å². The number of aliphatic hydroxyl groups is 1. The van der Waals surface area contributed by atoms with Crippen LogP contribution < -0.4 is 0 Å². The highest BCUT2D eigenvalue weighted by Gasteiger charge is 2.53. The van der Waals surface area contributed by atoms with Gasteiger partial charge >= 0.3 is 6.18 Å². The van der Waals surface area contributed by atoms with Crippen molar-refractivity contribution in [1.29, 1.82) is 0 Å². The molecule has 0 spiro atoms. The molecule has 16 heavy (non-hydrogen) atoms. The van der Waals surface area contributed by atoms with Crippen molar-refractivity contribution < 1.29 is 23.1 Å². The van der Waals surface area contributed by atoms with Crippen molar-refractivity contribution in [1.82, 2.24) is 4.90 Å². The fraction of sp³-hybridized carbons (Fsp3) is 0.889. The van der Waals surface area contributed by atoms with Crippen molar-refractivity contribution in [3.63, 3.8) is 0 Å². The van der Waals surface area contributed by atoms with E-state index in [-0.39, 0.29) is 31.8 Å². The Hall–Kier alpha value is -0.490. The maximum Gasteiger partial charge on any atom is 0.417 e. The van der Waals surface area contributed by atoms with Gasteiger partial charge in [-0.25, -0.2) is 0 Å². The minimum Gasteiger partial charge on any atom is -0.380 e. The maximum atomic E-state index is 12.5. The minimum atomic E-state index is -4.65. The standard InChI is InChI=1S/C9H13ClF3NO2/c10-6-7(15)14-4-1-2-8(16,3-5-14)9(11,12)13/h16H,1-6H2. The van der Waals surface area contributed by atoms with Crippen LogP contribution in [0.4, 0.5) is 13.2 Å². The zero-order valence-electron chi connectivity index (χ0n) is 8.56. The number of halogens is 4. The number of amides is 1. The topological polar surface area (TPSA) is 40.5 Å². The Kier molecular flexibility index (Phi) is 4.07. The van der Waals surface area contributed by atoms with Crippen molar-refractivity contribution in [2.24, 2.45) is 0 Å². The van der Waals surface area contributed by atoms with Gasteiger partial charge < -0.3 is 10.0 Å². The van der Waals surface area contributed by atoms with Crippen LogP contribution in [0.15, 0.2) is 0 Å². The summed E-state index contributed by atoms with van der Waals surface area (Å²) in [5.74, 6) is -0.641. The third-order valence-electron chi connectivity index (χ3n) is 2.81. The molecule has 0 saturated carbocycles. The summed E-state index contributed by atoms with van der Waals surface area (Å²) < 4.78 is 37.6. The van der Waals surface area contributed by atoms with Gasteiger partial charge in [-0.1, -0.05) is 0 Å². The van der Waals surface area contributed by atoms with E-state index >= 15 is 0 Å². The molecule has 0 aromatic heterocycles. The van der Waals surface area contributed by atoms with Gasteiger partial charge in [0.25, 0.3) is 0 Å². The molecule has 1 saturated heterocycles. The number of hydrogen-bond acceptors (Lipinski definition) is 2. The summed E-state index contributed by atoms with van der Waals surface area (Å²) in [5.41, 5.74) is -2.67. The van der Waals surface area contributed by atoms with Gasteiger partial charge in [-0.15, -0.1) is 11.6 Å². The molecule has 1 fully saturated rings. The maximum absolute atomic E-state index is 12.5. The first-order chi connectivity index (χ1) is 7.30. The molecule has 1 atom stereocenters. The average molecular weight is 260 g/mol. The first kappa shape index (κ1) is 13.6. The van der Waals surface area contributed by atoms with E-state index in [2.05, 4.69) is 0 Å². The van der Waals surface area contributed by atoms with Crippen LogP contribution in [0, 0.1) is 0 Å². The fourth-order valence-electron chi connectivity index (χ4n) is 1.74. The van der Waals surface area contributed by atoms with Gasteiger partial charge in [0.15, 0.2) is 5.60 Å². The van der Waals surface area contributed by atoms with Crippen LogP contribution in [0.3, 0.4) is 0 Å². The van der Waals surface area contributed by atoms with Crippen LogP contribution in [-0.2, 0) is 4.79 Å². The largest absolute Gasteiger partial charge is 0.417 e. The van der Waals surface area contributed by atoms with Gasteiger partial charge in [-0.05, 0) is 12.8 Å². The van der Waals surface area contributed by atoms with Crippen molar-refractivity contribution in [2.45, 2.75) is 31.0 Å². The van der Waals surface area contributed by atoms with E-state index in [9.17, 15) is 23.1 Å². The molecule has 1 unspecified atom stereocenters. The zero-order valence-corrected chi connectivity index (χ0v) is 9.31. The van der Waals surface area contributed by atoms with Crippen LogP contribution >= 0.6 is 11.6 Å². The molecule has 7 heteroatoms. The monoisotopic (exact) mass is 259 g/mol. The Morgan fingerprint density at radius 3 is 2.50 bits per heavy atom. The van der Waals surface area contributed by atoms with Crippen molar-refractivity contribution >= 4 is 17.5 Å². The van der Waals surface area contributed by atoms with E-state index in [4.69, 9.17) is 11.6 Å². The summed E-state index contributed by atoms with van der Waals surface area (Å²) in [7, 11) is 0. The summed E-state index contributed by atoms with van der Waals surface area (Å²) in [4.78, 5) is 12.5. The molecule has 1 aliphatic rings. The van der Waals surface area contributed by atoms with E-state index in [1.54, 1.807) is 0 Å². The highest BCUT2D eigenvalue weighted by molar-refractivity contribution is 6.27. The van der Waals surface area contributed by atoms with E-state index in [0.717, 1.165) is 0 Å². The van der Waals surface area contributed by atoms with E-state index in [1.807, 2.05) is 0 Å². The van der Waals surface area contributed by atoms with Crippen LogP contribution in [0.1, 0.15) is 19.3 Å². The van der Waals surface area contributed by atoms with Crippen LogP contribution in [-0.4, -0.2) is 46.7 Å². The van der Waals surface area contributed by atoms with Crippen LogP contribution in [0.25, 0.3) is 0 Å². The molecule has 1 amide bonds. The second-order valence-electron chi connectivity index (χ2n) is 3.90. The summed E-state index contributed by atoms with van der Waals surface area (Å²) in [6.45, 7) is 0.103. The summed E-state index contributed by atoms with van der Waals surface area (Å²) in [6.07, 6.45) is -5.38. The number of nitrogens with zero attached hydrogens (tertiary/aromatic N) is 1. The highest BCUT2D eigenvalue weighted by atomic mass is 35.5. The fourth-order valence-corrected chi connectivity index (χ4v) is 1.91. The Morgan fingerprint density at radius 1 is 1.38 bits per heavy atom. The quantitative estimate of drug-likeness (QED) is 0.726. The van der Waals surface area contributed by atoms with E-state index in [1.165, 1.54) is 4.90 Å². The number of hydrogen-bond donors (Lipinski definition) is 1. The summed E-state index contributed by atoms with van der Waals surface area (Å²) in [6, 6.07) is 0. The van der Waals surface area contributed by atoms with Gasteiger partial charge in [-0.2, -0.15) is 13.2 Å². The van der Waals surface area contributed by atoms with Crippen molar-refractivity contribution in [2.75, 3.05) is 19.0 Å². The molecule has 1 rings (SSSR count). The Balaban J connectivity index is 2.69. The predicted molar refractivity (Wildman–Crippen MR) is 52.2 cm³/mol. The Bertz CT molecular complexity index is 272. The number of likely N-dealkylation sites (tertiary alicyclic amines) is 1. The number of carbonyl (C=O) groups is 1. The summed E-state index contributed by atoms with van der Waals surface area (Å²) in [5, 5.41) is 9.46. The molecule has 0 radical (unpaired) electrons. The molecule has 1 heterocycles. The third kappa shape index (κ3) is 2.79. The molecule has 0 aromatic carbocycles. The van der Waals surface area contributed by atoms with Crippen molar-refractivity contribution in [3.05, 3.63) is 0 Å². The lowest BCUT2D eigenvalue weighted by molar-refractivity contribution is -0.263. The normalized spacial score (nSPS) is 27.7. The zero-order chi connectivity index (χ0) is 12.4. The molecule has 0 bridgehead atoms. The highest BCUT2D eigenvalue weighted by Crippen LogP contribution is 2.38. The lowest BCUT2D eigenvalue weighted by Gasteiger charge is -2.29. The van der Waals surface area contributed by atoms with E-state index in [0.29, 0.717) is 0 Å². The molecule has 94 valence electrons. The number of carbonyl (C=O) groups excluding carboxylic acids is 1. The van der Waals surface area contributed by atoms with Gasteiger partial charge in [-0.3, -0.25) is 4.79 Å². The minimum absolute atomic E-state index is 0.110. The Morgan fingerprint density at radius 2 is 2.00 bits per heavy atom. The number of rotatable bonds is 1. The smallest absolute Gasteiger partial charge is 0.380 e. The molecule has 0 aromatic rings. The predicted octanol–water partition coefficient (Wildman–Crippen LogP) is 1.53. The van der Waals surface area contributed by atoms with Gasteiger partial charge in [0.1, 0.15) is 5.88 Å². The van der Waals surface area contributed by atoms with Gasteiger partial charge in [0, 0.05) is 19.5 Å². The summed E-state index contributed by atoms with van der Waals surface area (Å²) >= 11 is 5.32. The third-order valence-corrected chi connectivity index (χ3v) is 3.04. The second-order valence-corrected chi connectivity index (χ2v) is 4.16. The van der Waals surface area contributed by atoms with Crippen LogP contribution in [0.2, 0.25) is 0 Å². The molecular formula is C9H13ClF3NO2. The van der Waals surface area contributed by atoms with Gasteiger partial charge in [0.05, 0.1) is 0 Å². The van der Waals surface area contributed by atoms with Crippen molar-refractivity contribution in [3.8, 4) is 0 Å². The SMILES string of the molecule is O=C(CCl)N1CCCC(O)(C(F)(F)F)CC1. The second kappa shape index (κ2) is 4.79. The average Bonchev–Trinajstić information content (AvgIpc) is 2.39. The van der Waals surface area contributed by atoms with E-state index < -0.39 is 24.1 Å². The lowest BCUT2D eigenvalue weighted by atomic mass is 9.94. The molecule has 1 aliphatic heterocycles. The molecule has 1 N–H and O–H groups in total.